The van der Waals surface area contributed by atoms with Crippen molar-refractivity contribution in [3.8, 4) is 11.5 Å². The molecule has 1 aliphatic heterocycles. The van der Waals surface area contributed by atoms with Crippen molar-refractivity contribution in [2.45, 2.75) is 26.7 Å². The smallest absolute Gasteiger partial charge is 0.255 e. The van der Waals surface area contributed by atoms with Gasteiger partial charge in [0.2, 0.25) is 5.91 Å². The number of ether oxygens (including phenoxy) is 2. The zero-order chi connectivity index (χ0) is 20.3. The van der Waals surface area contributed by atoms with Gasteiger partial charge in [-0.1, -0.05) is 19.9 Å². The molecular weight excluding hydrogens is 356 g/mol. The first-order valence-electron chi connectivity index (χ1n) is 9.42. The van der Waals surface area contributed by atoms with E-state index in [9.17, 15) is 9.59 Å². The molecule has 2 amide bonds. The molecule has 3 rings (SSSR count). The standard InChI is InChI=1S/C22H26N2O4/c1-14(2)22(26)24-11-5-6-15-7-9-17(13-18(15)24)23-21(25)16-8-10-19(27-3)20(12-16)28-4/h7-10,12-14H,5-6,11H2,1-4H3,(H,23,25). The maximum absolute atomic E-state index is 12.7. The Kier molecular flexibility index (Phi) is 5.87. The van der Waals surface area contributed by atoms with E-state index in [2.05, 4.69) is 5.32 Å². The number of amides is 2. The number of hydrogen-bond donors (Lipinski definition) is 1. The summed E-state index contributed by atoms with van der Waals surface area (Å²) in [4.78, 5) is 27.1. The molecule has 0 fully saturated rings. The Bertz CT molecular complexity index is 892. The average molecular weight is 382 g/mol. The van der Waals surface area contributed by atoms with Gasteiger partial charge in [0, 0.05) is 29.4 Å². The Morgan fingerprint density at radius 1 is 1.04 bits per heavy atom. The molecule has 148 valence electrons. The SMILES string of the molecule is COc1ccc(C(=O)Nc2ccc3c(c2)N(C(=O)C(C)C)CCC3)cc1OC. The maximum Gasteiger partial charge on any atom is 0.255 e. The first-order chi connectivity index (χ1) is 13.4. The lowest BCUT2D eigenvalue weighted by molar-refractivity contribution is -0.121. The molecule has 2 aromatic carbocycles. The van der Waals surface area contributed by atoms with Crippen LogP contribution in [0.5, 0.6) is 11.5 Å². The summed E-state index contributed by atoms with van der Waals surface area (Å²) in [5, 5.41) is 2.91. The van der Waals surface area contributed by atoms with Crippen molar-refractivity contribution in [2.75, 3.05) is 31.0 Å². The summed E-state index contributed by atoms with van der Waals surface area (Å²) in [6, 6.07) is 10.8. The summed E-state index contributed by atoms with van der Waals surface area (Å²) >= 11 is 0. The Hall–Kier alpha value is -3.02. The van der Waals surface area contributed by atoms with Gasteiger partial charge in [0.1, 0.15) is 0 Å². The first-order valence-corrected chi connectivity index (χ1v) is 9.42. The van der Waals surface area contributed by atoms with Crippen LogP contribution in [0.1, 0.15) is 36.2 Å². The second kappa shape index (κ2) is 8.33. The minimum Gasteiger partial charge on any atom is -0.493 e. The number of benzene rings is 2. The van der Waals surface area contributed by atoms with Crippen LogP contribution in [-0.4, -0.2) is 32.6 Å². The van der Waals surface area contributed by atoms with Crippen LogP contribution in [0.2, 0.25) is 0 Å². The molecule has 0 atom stereocenters. The number of hydrogen-bond acceptors (Lipinski definition) is 4. The van der Waals surface area contributed by atoms with Crippen molar-refractivity contribution >= 4 is 23.2 Å². The van der Waals surface area contributed by atoms with Gasteiger partial charge in [-0.15, -0.1) is 0 Å². The second-order valence-electron chi connectivity index (χ2n) is 7.12. The van der Waals surface area contributed by atoms with E-state index >= 15 is 0 Å². The van der Waals surface area contributed by atoms with Crippen LogP contribution in [0.15, 0.2) is 36.4 Å². The van der Waals surface area contributed by atoms with E-state index in [1.807, 2.05) is 36.9 Å². The number of fused-ring (bicyclic) bond motifs is 1. The van der Waals surface area contributed by atoms with Crippen LogP contribution < -0.4 is 19.7 Å². The molecule has 0 aliphatic carbocycles. The van der Waals surface area contributed by atoms with Crippen LogP contribution in [0, 0.1) is 5.92 Å². The number of anilines is 2. The van der Waals surface area contributed by atoms with Crippen LogP contribution >= 0.6 is 0 Å². The number of aryl methyl sites for hydroxylation is 1. The predicted octanol–water partition coefficient (Wildman–Crippen LogP) is 3.89. The zero-order valence-corrected chi connectivity index (χ0v) is 16.7. The molecule has 0 spiro atoms. The summed E-state index contributed by atoms with van der Waals surface area (Å²) in [6.07, 6.45) is 1.88. The van der Waals surface area contributed by atoms with Crippen LogP contribution in [0.4, 0.5) is 11.4 Å². The van der Waals surface area contributed by atoms with Crippen molar-refractivity contribution in [1.82, 2.24) is 0 Å². The van der Waals surface area contributed by atoms with Gasteiger partial charge in [-0.3, -0.25) is 9.59 Å². The highest BCUT2D eigenvalue weighted by molar-refractivity contribution is 6.05. The molecule has 1 aliphatic rings. The zero-order valence-electron chi connectivity index (χ0n) is 16.7. The number of carbonyl (C=O) groups is 2. The van der Waals surface area contributed by atoms with E-state index in [4.69, 9.17) is 9.47 Å². The molecule has 0 unspecified atom stereocenters. The topological polar surface area (TPSA) is 67.9 Å². The molecule has 28 heavy (non-hydrogen) atoms. The molecule has 0 saturated carbocycles. The van der Waals surface area contributed by atoms with Crippen molar-refractivity contribution < 1.29 is 19.1 Å². The molecule has 0 bridgehead atoms. The Labute approximate surface area is 165 Å². The van der Waals surface area contributed by atoms with E-state index in [0.717, 1.165) is 24.1 Å². The molecule has 6 heteroatoms. The fourth-order valence-corrected chi connectivity index (χ4v) is 3.37. The summed E-state index contributed by atoms with van der Waals surface area (Å²) in [5.74, 6) is 0.837. The fraction of sp³-hybridized carbons (Fsp3) is 0.364. The fourth-order valence-electron chi connectivity index (χ4n) is 3.37. The van der Waals surface area contributed by atoms with Crippen molar-refractivity contribution in [1.29, 1.82) is 0 Å². The van der Waals surface area contributed by atoms with E-state index < -0.39 is 0 Å². The van der Waals surface area contributed by atoms with Crippen molar-refractivity contribution in [3.05, 3.63) is 47.5 Å². The predicted molar refractivity (Wildman–Crippen MR) is 109 cm³/mol. The monoisotopic (exact) mass is 382 g/mol. The average Bonchev–Trinajstić information content (AvgIpc) is 2.72. The molecule has 0 radical (unpaired) electrons. The maximum atomic E-state index is 12.7. The Morgan fingerprint density at radius 3 is 2.46 bits per heavy atom. The van der Waals surface area contributed by atoms with E-state index in [-0.39, 0.29) is 17.7 Å². The van der Waals surface area contributed by atoms with Gasteiger partial charge in [0.15, 0.2) is 11.5 Å². The lowest BCUT2D eigenvalue weighted by atomic mass is 9.99. The first kappa shape index (κ1) is 19.7. The number of rotatable bonds is 5. The van der Waals surface area contributed by atoms with Gasteiger partial charge >= 0.3 is 0 Å². The lowest BCUT2D eigenvalue weighted by Gasteiger charge is -2.31. The second-order valence-corrected chi connectivity index (χ2v) is 7.12. The summed E-state index contributed by atoms with van der Waals surface area (Å²) in [5.41, 5.74) is 3.13. The number of nitrogens with zero attached hydrogens (tertiary/aromatic N) is 1. The Morgan fingerprint density at radius 2 is 1.79 bits per heavy atom. The van der Waals surface area contributed by atoms with Gasteiger partial charge < -0.3 is 19.7 Å². The Balaban J connectivity index is 1.85. The highest BCUT2D eigenvalue weighted by atomic mass is 16.5. The van der Waals surface area contributed by atoms with Crippen LogP contribution in [0.3, 0.4) is 0 Å². The number of methoxy groups -OCH3 is 2. The normalized spacial score (nSPS) is 13.1. The molecule has 0 aromatic heterocycles. The van der Waals surface area contributed by atoms with Crippen molar-refractivity contribution in [3.63, 3.8) is 0 Å². The van der Waals surface area contributed by atoms with Gasteiger partial charge in [-0.2, -0.15) is 0 Å². The largest absolute Gasteiger partial charge is 0.493 e. The van der Waals surface area contributed by atoms with E-state index in [0.29, 0.717) is 29.3 Å². The third kappa shape index (κ3) is 3.96. The van der Waals surface area contributed by atoms with E-state index in [1.165, 1.54) is 7.11 Å². The van der Waals surface area contributed by atoms with Gasteiger partial charge in [0.05, 0.1) is 14.2 Å². The van der Waals surface area contributed by atoms with Gasteiger partial charge in [-0.25, -0.2) is 0 Å². The van der Waals surface area contributed by atoms with Crippen LogP contribution in [-0.2, 0) is 11.2 Å². The van der Waals surface area contributed by atoms with Gasteiger partial charge in [0.25, 0.3) is 5.91 Å². The molecule has 6 nitrogen and oxygen atoms in total. The minimum absolute atomic E-state index is 0.0732. The molecular formula is C22H26N2O4. The molecule has 0 saturated heterocycles. The van der Waals surface area contributed by atoms with Gasteiger partial charge in [-0.05, 0) is 48.7 Å². The molecule has 2 aromatic rings. The number of nitrogens with one attached hydrogen (secondary N) is 1. The summed E-state index contributed by atoms with van der Waals surface area (Å²) < 4.78 is 10.5. The summed E-state index contributed by atoms with van der Waals surface area (Å²) in [7, 11) is 3.08. The van der Waals surface area contributed by atoms with Crippen molar-refractivity contribution in [2.24, 2.45) is 5.92 Å². The minimum atomic E-state index is -0.251. The third-order valence-electron chi connectivity index (χ3n) is 4.87. The lowest BCUT2D eigenvalue weighted by Crippen LogP contribution is -2.38. The van der Waals surface area contributed by atoms with Crippen LogP contribution in [0.25, 0.3) is 0 Å². The molecule has 1 N–H and O–H groups in total. The number of carbonyl (C=O) groups excluding carboxylic acids is 2. The summed E-state index contributed by atoms with van der Waals surface area (Å²) in [6.45, 7) is 4.51. The highest BCUT2D eigenvalue weighted by Crippen LogP contribution is 2.32. The van der Waals surface area contributed by atoms with E-state index in [1.54, 1.807) is 25.3 Å². The third-order valence-corrected chi connectivity index (χ3v) is 4.87. The molecule has 1 heterocycles. The highest BCUT2D eigenvalue weighted by Gasteiger charge is 2.25. The quantitative estimate of drug-likeness (QED) is 0.852.